The Labute approximate surface area is 152 Å². The number of carboxylic acids is 1. The van der Waals surface area contributed by atoms with Gasteiger partial charge >= 0.3 is 5.97 Å². The highest BCUT2D eigenvalue weighted by Gasteiger charge is 2.40. The Hall–Kier alpha value is -2.95. The highest BCUT2D eigenvalue weighted by molar-refractivity contribution is 5.98. The number of carbonyl (C=O) groups excluding carboxylic acids is 2. The van der Waals surface area contributed by atoms with E-state index in [9.17, 15) is 19.5 Å². The summed E-state index contributed by atoms with van der Waals surface area (Å²) in [5.74, 6) is -1.98. The first-order valence-corrected chi connectivity index (χ1v) is 8.70. The lowest BCUT2D eigenvalue weighted by Gasteiger charge is -2.16. The van der Waals surface area contributed by atoms with Crippen molar-refractivity contribution in [2.24, 2.45) is 5.92 Å². The van der Waals surface area contributed by atoms with Gasteiger partial charge in [-0.25, -0.2) is 0 Å². The summed E-state index contributed by atoms with van der Waals surface area (Å²) >= 11 is 0. The third kappa shape index (κ3) is 3.99. The number of amides is 1. The molecular weight excluding hydrogens is 330 g/mol. The minimum absolute atomic E-state index is 0.0764. The Morgan fingerprint density at radius 1 is 0.885 bits per heavy atom. The van der Waals surface area contributed by atoms with Crippen LogP contribution in [-0.4, -0.2) is 40.8 Å². The molecule has 0 bridgehead atoms. The van der Waals surface area contributed by atoms with Crippen molar-refractivity contribution in [3.8, 4) is 0 Å². The van der Waals surface area contributed by atoms with E-state index in [4.69, 9.17) is 0 Å². The van der Waals surface area contributed by atoms with E-state index in [0.29, 0.717) is 12.1 Å². The van der Waals surface area contributed by atoms with Crippen LogP contribution in [0.25, 0.3) is 0 Å². The van der Waals surface area contributed by atoms with Crippen LogP contribution in [0.3, 0.4) is 0 Å². The molecule has 26 heavy (non-hydrogen) atoms. The fraction of sp³-hybridized carbons (Fsp3) is 0.286. The summed E-state index contributed by atoms with van der Waals surface area (Å²) in [6.07, 6.45) is 0.231. The fourth-order valence-electron chi connectivity index (χ4n) is 3.44. The third-order valence-corrected chi connectivity index (χ3v) is 4.88. The number of benzene rings is 2. The van der Waals surface area contributed by atoms with Gasteiger partial charge < -0.3 is 10.0 Å². The van der Waals surface area contributed by atoms with E-state index in [1.807, 2.05) is 36.4 Å². The molecule has 0 aliphatic carbocycles. The van der Waals surface area contributed by atoms with E-state index in [1.54, 1.807) is 29.2 Å². The second-order valence-electron chi connectivity index (χ2n) is 6.55. The molecule has 0 aromatic heterocycles. The summed E-state index contributed by atoms with van der Waals surface area (Å²) in [5, 5.41) is 9.52. The average molecular weight is 351 g/mol. The molecule has 1 aliphatic heterocycles. The smallest absolute Gasteiger partial charge is 0.308 e. The fourth-order valence-corrected chi connectivity index (χ4v) is 3.44. The Morgan fingerprint density at radius 3 is 2.12 bits per heavy atom. The van der Waals surface area contributed by atoms with Crippen LogP contribution < -0.4 is 0 Å². The van der Waals surface area contributed by atoms with Crippen LogP contribution in [0.5, 0.6) is 0 Å². The lowest BCUT2D eigenvalue weighted by Crippen LogP contribution is -2.30. The number of ketones is 1. The van der Waals surface area contributed by atoms with E-state index in [1.165, 1.54) is 0 Å². The van der Waals surface area contributed by atoms with Crippen molar-refractivity contribution in [1.29, 1.82) is 0 Å². The van der Waals surface area contributed by atoms with Crippen molar-refractivity contribution in [1.82, 2.24) is 4.90 Å². The first-order valence-electron chi connectivity index (χ1n) is 8.70. The van der Waals surface area contributed by atoms with Gasteiger partial charge in [-0.1, -0.05) is 60.7 Å². The molecule has 1 amide bonds. The van der Waals surface area contributed by atoms with Crippen LogP contribution in [0.15, 0.2) is 60.7 Å². The van der Waals surface area contributed by atoms with Gasteiger partial charge in [-0.15, -0.1) is 0 Å². The van der Waals surface area contributed by atoms with Crippen molar-refractivity contribution in [3.63, 3.8) is 0 Å². The number of hydrogen-bond acceptors (Lipinski definition) is 3. The molecule has 1 aliphatic rings. The Bertz CT molecular complexity index is 788. The second kappa shape index (κ2) is 7.95. The van der Waals surface area contributed by atoms with Crippen molar-refractivity contribution in [2.45, 2.75) is 18.8 Å². The standard InChI is InChI=1S/C21H21NO4/c23-19(16-9-5-2-6-10-16)11-12-20(24)22-13-17(18(14-22)21(25)26)15-7-3-1-4-8-15/h1-10,17-18H,11-14H2,(H,25,26). The Morgan fingerprint density at radius 2 is 1.50 bits per heavy atom. The predicted octanol–water partition coefficient (Wildman–Crippen LogP) is 2.98. The van der Waals surface area contributed by atoms with Gasteiger partial charge in [-0.05, 0) is 5.56 Å². The predicted molar refractivity (Wildman–Crippen MR) is 96.9 cm³/mol. The number of hydrogen-bond donors (Lipinski definition) is 1. The van der Waals surface area contributed by atoms with Crippen molar-refractivity contribution >= 4 is 17.7 Å². The molecule has 134 valence electrons. The first-order chi connectivity index (χ1) is 12.6. The topological polar surface area (TPSA) is 74.7 Å². The number of carbonyl (C=O) groups is 3. The summed E-state index contributed by atoms with van der Waals surface area (Å²) < 4.78 is 0. The van der Waals surface area contributed by atoms with Crippen LogP contribution in [-0.2, 0) is 9.59 Å². The second-order valence-corrected chi connectivity index (χ2v) is 6.55. The first kappa shape index (κ1) is 17.9. The quantitative estimate of drug-likeness (QED) is 0.812. The van der Waals surface area contributed by atoms with E-state index in [-0.39, 0.29) is 37.0 Å². The summed E-state index contributed by atoms with van der Waals surface area (Å²) in [4.78, 5) is 37.9. The van der Waals surface area contributed by atoms with Gasteiger partial charge in [-0.3, -0.25) is 14.4 Å². The molecule has 0 saturated carbocycles. The molecule has 0 radical (unpaired) electrons. The van der Waals surface area contributed by atoms with E-state index >= 15 is 0 Å². The number of aliphatic carboxylic acids is 1. The van der Waals surface area contributed by atoms with Crippen LogP contribution >= 0.6 is 0 Å². The largest absolute Gasteiger partial charge is 0.481 e. The molecule has 1 N–H and O–H groups in total. The number of Topliss-reactive ketones (excluding diaryl/α,β-unsaturated/α-hetero) is 1. The zero-order valence-corrected chi connectivity index (χ0v) is 14.4. The molecule has 0 spiro atoms. The van der Waals surface area contributed by atoms with Gasteiger partial charge in [0.1, 0.15) is 0 Å². The summed E-state index contributed by atoms with van der Waals surface area (Å²) in [5.41, 5.74) is 1.52. The molecule has 2 aromatic carbocycles. The van der Waals surface area contributed by atoms with E-state index < -0.39 is 11.9 Å². The molecule has 5 nitrogen and oxygen atoms in total. The molecule has 2 atom stereocenters. The molecule has 5 heteroatoms. The van der Waals surface area contributed by atoms with Crippen LogP contribution in [0.2, 0.25) is 0 Å². The number of nitrogens with zero attached hydrogens (tertiary/aromatic N) is 1. The molecule has 1 fully saturated rings. The van der Waals surface area contributed by atoms with Gasteiger partial charge in [0.15, 0.2) is 5.78 Å². The Balaban J connectivity index is 1.63. The normalized spacial score (nSPS) is 19.3. The van der Waals surface area contributed by atoms with E-state index in [2.05, 4.69) is 0 Å². The number of rotatable bonds is 6. The number of carboxylic acid groups (broad SMARTS) is 1. The monoisotopic (exact) mass is 351 g/mol. The average Bonchev–Trinajstić information content (AvgIpc) is 3.13. The van der Waals surface area contributed by atoms with Crippen LogP contribution in [0.4, 0.5) is 0 Å². The van der Waals surface area contributed by atoms with Gasteiger partial charge in [-0.2, -0.15) is 0 Å². The van der Waals surface area contributed by atoms with Gasteiger partial charge in [0.25, 0.3) is 0 Å². The Kier molecular flexibility index (Phi) is 5.46. The third-order valence-electron chi connectivity index (χ3n) is 4.88. The lowest BCUT2D eigenvalue weighted by atomic mass is 9.89. The van der Waals surface area contributed by atoms with Gasteiger partial charge in [0, 0.05) is 37.4 Å². The lowest BCUT2D eigenvalue weighted by molar-refractivity contribution is -0.141. The van der Waals surface area contributed by atoms with Crippen molar-refractivity contribution in [3.05, 3.63) is 71.8 Å². The zero-order valence-electron chi connectivity index (χ0n) is 14.4. The highest BCUT2D eigenvalue weighted by Crippen LogP contribution is 2.33. The van der Waals surface area contributed by atoms with Crippen LogP contribution in [0.1, 0.15) is 34.7 Å². The minimum Gasteiger partial charge on any atom is -0.481 e. The molecule has 2 aromatic rings. The summed E-state index contributed by atoms with van der Waals surface area (Å²) in [7, 11) is 0. The summed E-state index contributed by atoms with van der Waals surface area (Å²) in [6.45, 7) is 0.562. The minimum atomic E-state index is -0.894. The van der Waals surface area contributed by atoms with Crippen LogP contribution in [0, 0.1) is 5.92 Å². The SMILES string of the molecule is O=C(CCC(=O)N1CC(C(=O)O)C(c2ccccc2)C1)c1ccccc1. The highest BCUT2D eigenvalue weighted by atomic mass is 16.4. The zero-order chi connectivity index (χ0) is 18.5. The van der Waals surface area contributed by atoms with Crippen molar-refractivity contribution in [2.75, 3.05) is 13.1 Å². The number of likely N-dealkylation sites (tertiary alicyclic amines) is 1. The molecule has 2 unspecified atom stereocenters. The molecule has 3 rings (SSSR count). The van der Waals surface area contributed by atoms with E-state index in [0.717, 1.165) is 5.56 Å². The molecular formula is C21H21NO4. The maximum Gasteiger partial charge on any atom is 0.308 e. The summed E-state index contributed by atoms with van der Waals surface area (Å²) in [6, 6.07) is 18.3. The molecule has 1 saturated heterocycles. The maximum absolute atomic E-state index is 12.5. The van der Waals surface area contributed by atoms with Gasteiger partial charge in [0.2, 0.25) is 5.91 Å². The molecule has 1 heterocycles. The maximum atomic E-state index is 12.5. The van der Waals surface area contributed by atoms with Crippen molar-refractivity contribution < 1.29 is 19.5 Å². The van der Waals surface area contributed by atoms with Gasteiger partial charge in [0.05, 0.1) is 5.92 Å².